The van der Waals surface area contributed by atoms with Gasteiger partial charge in [0.05, 0.1) is 5.56 Å². The zero-order chi connectivity index (χ0) is 13.1. The maximum absolute atomic E-state index is 12.4. The monoisotopic (exact) mass is 264 g/mol. The summed E-state index contributed by atoms with van der Waals surface area (Å²) in [5.74, 6) is 0.0415. The number of carbonyl (C=O) groups is 1. The van der Waals surface area contributed by atoms with Gasteiger partial charge in [0.15, 0.2) is 0 Å². The molecule has 2 N–H and O–H groups in total. The van der Waals surface area contributed by atoms with Gasteiger partial charge in [-0.05, 0) is 37.7 Å². The standard InChI is InChI=1S/C14H20N2OS/c1-16(10-7-8-11(9-10)18-2)14(17)12-5-3-4-6-13(12)15/h3-6,10-11H,7-9,15H2,1-2H3. The van der Waals surface area contributed by atoms with E-state index in [2.05, 4.69) is 6.26 Å². The Morgan fingerprint density at radius 3 is 2.72 bits per heavy atom. The van der Waals surface area contributed by atoms with Crippen LogP contribution in [0.15, 0.2) is 24.3 Å². The second-order valence-corrected chi connectivity index (χ2v) is 5.97. The normalized spacial score (nSPS) is 23.0. The van der Waals surface area contributed by atoms with Crippen LogP contribution in [-0.4, -0.2) is 35.4 Å². The van der Waals surface area contributed by atoms with Gasteiger partial charge in [-0.25, -0.2) is 0 Å². The van der Waals surface area contributed by atoms with Gasteiger partial charge in [-0.1, -0.05) is 12.1 Å². The molecule has 0 aliphatic heterocycles. The molecule has 0 aromatic heterocycles. The number of nitrogens with zero attached hydrogens (tertiary/aromatic N) is 1. The highest BCUT2D eigenvalue weighted by atomic mass is 32.2. The van der Waals surface area contributed by atoms with E-state index in [0.29, 0.717) is 22.5 Å². The number of nitrogen functional groups attached to an aromatic ring is 1. The number of rotatable bonds is 3. The zero-order valence-corrected chi connectivity index (χ0v) is 11.7. The van der Waals surface area contributed by atoms with Crippen LogP contribution in [-0.2, 0) is 0 Å². The highest BCUT2D eigenvalue weighted by Gasteiger charge is 2.30. The third kappa shape index (κ3) is 2.64. The number of hydrogen-bond acceptors (Lipinski definition) is 3. The number of thioether (sulfide) groups is 1. The van der Waals surface area contributed by atoms with Gasteiger partial charge < -0.3 is 10.6 Å². The number of carbonyl (C=O) groups excluding carboxylic acids is 1. The molecule has 18 heavy (non-hydrogen) atoms. The minimum atomic E-state index is 0.0415. The van der Waals surface area contributed by atoms with Crippen LogP contribution in [0.4, 0.5) is 5.69 Å². The summed E-state index contributed by atoms with van der Waals surface area (Å²) in [6.07, 6.45) is 5.54. The average Bonchev–Trinajstić information content (AvgIpc) is 2.86. The maximum atomic E-state index is 12.4. The van der Waals surface area contributed by atoms with E-state index in [-0.39, 0.29) is 5.91 Å². The summed E-state index contributed by atoms with van der Waals surface area (Å²) in [5.41, 5.74) is 7.04. The third-order valence-electron chi connectivity index (χ3n) is 3.75. The summed E-state index contributed by atoms with van der Waals surface area (Å²) in [6.45, 7) is 0. The predicted octanol–water partition coefficient (Wildman–Crippen LogP) is 2.62. The second-order valence-electron chi connectivity index (χ2n) is 4.83. The summed E-state index contributed by atoms with van der Waals surface area (Å²) in [4.78, 5) is 14.2. The first-order valence-electron chi connectivity index (χ1n) is 6.28. The van der Waals surface area contributed by atoms with Crippen LogP contribution in [0.25, 0.3) is 0 Å². The first-order chi connectivity index (χ1) is 8.63. The number of para-hydroxylation sites is 1. The Hall–Kier alpha value is -1.16. The topological polar surface area (TPSA) is 46.3 Å². The molecule has 1 aliphatic carbocycles. The first-order valence-corrected chi connectivity index (χ1v) is 7.56. The van der Waals surface area contributed by atoms with Crippen molar-refractivity contribution >= 4 is 23.4 Å². The molecule has 4 heteroatoms. The van der Waals surface area contributed by atoms with Crippen molar-refractivity contribution in [2.45, 2.75) is 30.6 Å². The van der Waals surface area contributed by atoms with Crippen molar-refractivity contribution in [1.82, 2.24) is 4.90 Å². The molecule has 2 unspecified atom stereocenters. The van der Waals surface area contributed by atoms with Crippen LogP contribution in [0.2, 0.25) is 0 Å². The lowest BCUT2D eigenvalue weighted by Crippen LogP contribution is -2.36. The highest BCUT2D eigenvalue weighted by molar-refractivity contribution is 7.99. The fourth-order valence-corrected chi connectivity index (χ4v) is 3.32. The summed E-state index contributed by atoms with van der Waals surface area (Å²) < 4.78 is 0. The lowest BCUT2D eigenvalue weighted by molar-refractivity contribution is 0.0736. The Kier molecular flexibility index (Phi) is 4.17. The van der Waals surface area contributed by atoms with Gasteiger partial charge in [0.25, 0.3) is 5.91 Å². The highest BCUT2D eigenvalue weighted by Crippen LogP contribution is 2.31. The molecule has 0 saturated heterocycles. The minimum Gasteiger partial charge on any atom is -0.398 e. The van der Waals surface area contributed by atoms with Gasteiger partial charge in [0.2, 0.25) is 0 Å². The van der Waals surface area contributed by atoms with Crippen LogP contribution in [0.3, 0.4) is 0 Å². The molecule has 1 amide bonds. The number of amides is 1. The van der Waals surface area contributed by atoms with E-state index in [9.17, 15) is 4.79 Å². The fourth-order valence-electron chi connectivity index (χ4n) is 2.53. The fraction of sp³-hybridized carbons (Fsp3) is 0.500. The molecule has 0 bridgehead atoms. The molecule has 1 fully saturated rings. The van der Waals surface area contributed by atoms with Gasteiger partial charge in [0, 0.05) is 24.0 Å². The lowest BCUT2D eigenvalue weighted by Gasteiger charge is -2.25. The summed E-state index contributed by atoms with van der Waals surface area (Å²) in [7, 11) is 1.89. The van der Waals surface area contributed by atoms with E-state index in [0.717, 1.165) is 12.8 Å². The zero-order valence-electron chi connectivity index (χ0n) is 10.9. The van der Waals surface area contributed by atoms with Crippen molar-refractivity contribution in [3.63, 3.8) is 0 Å². The average molecular weight is 264 g/mol. The Bertz CT molecular complexity index is 436. The second kappa shape index (κ2) is 5.65. The van der Waals surface area contributed by atoms with Crippen molar-refractivity contribution < 1.29 is 4.79 Å². The Morgan fingerprint density at radius 1 is 1.39 bits per heavy atom. The van der Waals surface area contributed by atoms with Gasteiger partial charge in [-0.15, -0.1) is 0 Å². The smallest absolute Gasteiger partial charge is 0.255 e. The molecular weight excluding hydrogens is 244 g/mol. The number of hydrogen-bond donors (Lipinski definition) is 1. The van der Waals surface area contributed by atoms with Crippen LogP contribution < -0.4 is 5.73 Å². The molecule has 3 nitrogen and oxygen atoms in total. The van der Waals surface area contributed by atoms with E-state index in [1.54, 1.807) is 12.1 Å². The van der Waals surface area contributed by atoms with Crippen molar-refractivity contribution in [3.05, 3.63) is 29.8 Å². The predicted molar refractivity (Wildman–Crippen MR) is 77.9 cm³/mol. The molecule has 2 atom stereocenters. The molecule has 98 valence electrons. The molecule has 0 radical (unpaired) electrons. The molecule has 0 heterocycles. The minimum absolute atomic E-state index is 0.0415. The Labute approximate surface area is 113 Å². The van der Waals surface area contributed by atoms with E-state index in [1.165, 1.54) is 6.42 Å². The summed E-state index contributed by atoms with van der Waals surface area (Å²) in [5, 5.41) is 0.693. The van der Waals surface area contributed by atoms with Crippen molar-refractivity contribution in [3.8, 4) is 0 Å². The molecular formula is C14H20N2OS. The number of benzene rings is 1. The van der Waals surface area contributed by atoms with Crippen molar-refractivity contribution in [2.75, 3.05) is 19.0 Å². The van der Waals surface area contributed by atoms with Crippen LogP contribution in [0, 0.1) is 0 Å². The van der Waals surface area contributed by atoms with E-state index in [4.69, 9.17) is 5.73 Å². The quantitative estimate of drug-likeness (QED) is 0.854. The maximum Gasteiger partial charge on any atom is 0.255 e. The SMILES string of the molecule is CSC1CCC(N(C)C(=O)c2ccccc2N)C1. The molecule has 1 aliphatic rings. The Balaban J connectivity index is 2.08. The Morgan fingerprint density at radius 2 is 2.11 bits per heavy atom. The molecule has 1 saturated carbocycles. The lowest BCUT2D eigenvalue weighted by atomic mass is 10.1. The number of anilines is 1. The largest absolute Gasteiger partial charge is 0.398 e. The van der Waals surface area contributed by atoms with Gasteiger partial charge >= 0.3 is 0 Å². The summed E-state index contributed by atoms with van der Waals surface area (Å²) >= 11 is 1.90. The van der Waals surface area contributed by atoms with Crippen LogP contribution in [0.1, 0.15) is 29.6 Å². The van der Waals surface area contributed by atoms with Crippen LogP contribution in [0.5, 0.6) is 0 Å². The molecule has 1 aromatic rings. The molecule has 1 aromatic carbocycles. The third-order valence-corrected chi connectivity index (χ3v) is 4.84. The van der Waals surface area contributed by atoms with Gasteiger partial charge in [-0.2, -0.15) is 11.8 Å². The van der Waals surface area contributed by atoms with E-state index >= 15 is 0 Å². The van der Waals surface area contributed by atoms with Crippen molar-refractivity contribution in [1.29, 1.82) is 0 Å². The van der Waals surface area contributed by atoms with Gasteiger partial charge in [-0.3, -0.25) is 4.79 Å². The van der Waals surface area contributed by atoms with E-state index in [1.807, 2.05) is 35.8 Å². The van der Waals surface area contributed by atoms with E-state index < -0.39 is 0 Å². The summed E-state index contributed by atoms with van der Waals surface area (Å²) in [6, 6.07) is 7.65. The molecule has 0 spiro atoms. The molecule has 2 rings (SSSR count). The van der Waals surface area contributed by atoms with Gasteiger partial charge in [0.1, 0.15) is 0 Å². The van der Waals surface area contributed by atoms with Crippen molar-refractivity contribution in [2.24, 2.45) is 0 Å². The first kappa shape index (κ1) is 13.3. The number of nitrogens with two attached hydrogens (primary N) is 1. The van der Waals surface area contributed by atoms with Crippen LogP contribution >= 0.6 is 11.8 Å².